The summed E-state index contributed by atoms with van der Waals surface area (Å²) in [6.07, 6.45) is -1.19. The first-order valence-electron chi connectivity index (χ1n) is 5.55. The van der Waals surface area contributed by atoms with Gasteiger partial charge in [0.15, 0.2) is 0 Å². The predicted octanol–water partition coefficient (Wildman–Crippen LogP) is 3.06. The number of aliphatic hydroxyl groups excluding tert-OH is 1. The average Bonchev–Trinajstić information content (AvgIpc) is 2.30. The minimum atomic E-state index is -1.19. The van der Waals surface area contributed by atoms with E-state index in [0.717, 1.165) is 29.6 Å². The highest BCUT2D eigenvalue weighted by Crippen LogP contribution is 2.25. The predicted molar refractivity (Wildman–Crippen MR) is 64.1 cm³/mol. The van der Waals surface area contributed by atoms with Crippen LogP contribution in [0.15, 0.2) is 30.3 Å². The van der Waals surface area contributed by atoms with Gasteiger partial charge in [0.05, 0.1) is 0 Å². The van der Waals surface area contributed by atoms with E-state index in [4.69, 9.17) is 0 Å². The van der Waals surface area contributed by atoms with E-state index in [2.05, 4.69) is 4.98 Å². The van der Waals surface area contributed by atoms with Crippen LogP contribution in [0.5, 0.6) is 0 Å². The number of aliphatic hydroxyl groups is 1. The lowest BCUT2D eigenvalue weighted by molar-refractivity contribution is 0.214. The molecule has 4 heteroatoms. The number of pyridine rings is 1. The van der Waals surface area contributed by atoms with Gasteiger partial charge in [-0.3, -0.25) is 4.98 Å². The Hall–Kier alpha value is -1.81. The van der Waals surface area contributed by atoms with E-state index in [0.29, 0.717) is 5.56 Å². The summed E-state index contributed by atoms with van der Waals surface area (Å²) < 4.78 is 26.7. The first-order chi connectivity index (χ1) is 8.47. The lowest BCUT2D eigenvalue weighted by Gasteiger charge is -2.13. The molecule has 1 unspecified atom stereocenters. The maximum Gasteiger partial charge on any atom is 0.129 e. The molecule has 0 aliphatic rings. The molecule has 0 radical (unpaired) electrons. The standard InChI is InChI=1S/C14H13F2NO/c1-8-5-10(6-9(2)17-8)14(18)12-7-11(15)3-4-13(12)16/h3-7,14,18H,1-2H3. The summed E-state index contributed by atoms with van der Waals surface area (Å²) >= 11 is 0. The number of hydrogen-bond acceptors (Lipinski definition) is 2. The molecule has 2 rings (SSSR count). The summed E-state index contributed by atoms with van der Waals surface area (Å²) in [6.45, 7) is 3.57. The summed E-state index contributed by atoms with van der Waals surface area (Å²) in [4.78, 5) is 4.17. The van der Waals surface area contributed by atoms with Gasteiger partial charge in [0.1, 0.15) is 17.7 Å². The van der Waals surface area contributed by atoms with Gasteiger partial charge in [-0.15, -0.1) is 0 Å². The Morgan fingerprint density at radius 2 is 1.67 bits per heavy atom. The molecule has 1 N–H and O–H groups in total. The van der Waals surface area contributed by atoms with Crippen LogP contribution < -0.4 is 0 Å². The maximum absolute atomic E-state index is 13.6. The van der Waals surface area contributed by atoms with Crippen molar-refractivity contribution in [3.63, 3.8) is 0 Å². The van der Waals surface area contributed by atoms with Gasteiger partial charge in [-0.05, 0) is 49.7 Å². The highest BCUT2D eigenvalue weighted by molar-refractivity contribution is 5.32. The van der Waals surface area contributed by atoms with Gasteiger partial charge < -0.3 is 5.11 Å². The summed E-state index contributed by atoms with van der Waals surface area (Å²) in [7, 11) is 0. The molecule has 0 bridgehead atoms. The molecule has 1 aromatic heterocycles. The highest BCUT2D eigenvalue weighted by Gasteiger charge is 2.16. The summed E-state index contributed by atoms with van der Waals surface area (Å²) in [5.74, 6) is -1.20. The molecule has 0 aliphatic carbocycles. The van der Waals surface area contributed by atoms with Crippen LogP contribution in [0.4, 0.5) is 8.78 Å². The van der Waals surface area contributed by atoms with Crippen molar-refractivity contribution in [2.24, 2.45) is 0 Å². The fourth-order valence-corrected chi connectivity index (χ4v) is 1.93. The fraction of sp³-hybridized carbons (Fsp3) is 0.214. The molecule has 2 aromatic rings. The van der Waals surface area contributed by atoms with Crippen molar-refractivity contribution in [3.8, 4) is 0 Å². The quantitative estimate of drug-likeness (QED) is 0.887. The van der Waals surface area contributed by atoms with E-state index in [9.17, 15) is 13.9 Å². The van der Waals surface area contributed by atoms with Crippen LogP contribution in [-0.4, -0.2) is 10.1 Å². The number of benzene rings is 1. The van der Waals surface area contributed by atoms with Crippen molar-refractivity contribution in [2.75, 3.05) is 0 Å². The van der Waals surface area contributed by atoms with Gasteiger partial charge in [-0.25, -0.2) is 8.78 Å². The SMILES string of the molecule is Cc1cc(C(O)c2cc(F)ccc2F)cc(C)n1. The first kappa shape index (κ1) is 12.6. The zero-order chi connectivity index (χ0) is 13.3. The van der Waals surface area contributed by atoms with Crippen LogP contribution in [0.1, 0.15) is 28.6 Å². The van der Waals surface area contributed by atoms with Crippen LogP contribution in [0, 0.1) is 25.5 Å². The molecule has 2 nitrogen and oxygen atoms in total. The molecule has 0 saturated heterocycles. The lowest BCUT2D eigenvalue weighted by atomic mass is 10.0. The number of halogens is 2. The Bertz CT molecular complexity index is 564. The van der Waals surface area contributed by atoms with Gasteiger partial charge in [0, 0.05) is 17.0 Å². The van der Waals surface area contributed by atoms with Crippen LogP contribution >= 0.6 is 0 Å². The average molecular weight is 249 g/mol. The zero-order valence-corrected chi connectivity index (χ0v) is 10.1. The molecule has 1 atom stereocenters. The molecule has 0 aliphatic heterocycles. The van der Waals surface area contributed by atoms with Crippen LogP contribution in [0.3, 0.4) is 0 Å². The molecule has 1 heterocycles. The van der Waals surface area contributed by atoms with E-state index in [1.807, 2.05) is 0 Å². The maximum atomic E-state index is 13.6. The number of aryl methyl sites for hydroxylation is 2. The van der Waals surface area contributed by atoms with Crippen LogP contribution in [0.2, 0.25) is 0 Å². The molecule has 18 heavy (non-hydrogen) atoms. The van der Waals surface area contributed by atoms with Gasteiger partial charge in [0.2, 0.25) is 0 Å². The van der Waals surface area contributed by atoms with E-state index in [1.54, 1.807) is 26.0 Å². The summed E-state index contributed by atoms with van der Waals surface area (Å²) in [5.41, 5.74) is 1.88. The summed E-state index contributed by atoms with van der Waals surface area (Å²) in [6, 6.07) is 6.35. The minimum Gasteiger partial charge on any atom is -0.384 e. The van der Waals surface area contributed by atoms with Crippen molar-refractivity contribution >= 4 is 0 Å². The van der Waals surface area contributed by atoms with E-state index >= 15 is 0 Å². The van der Waals surface area contributed by atoms with E-state index in [-0.39, 0.29) is 5.56 Å². The van der Waals surface area contributed by atoms with Crippen molar-refractivity contribution < 1.29 is 13.9 Å². The van der Waals surface area contributed by atoms with Crippen LogP contribution in [0.25, 0.3) is 0 Å². The minimum absolute atomic E-state index is 0.0694. The number of aromatic nitrogens is 1. The summed E-state index contributed by atoms with van der Waals surface area (Å²) in [5, 5.41) is 10.1. The molecule has 0 saturated carbocycles. The second-order valence-corrected chi connectivity index (χ2v) is 4.25. The van der Waals surface area contributed by atoms with E-state index in [1.165, 1.54) is 0 Å². The molecule has 0 fully saturated rings. The highest BCUT2D eigenvalue weighted by atomic mass is 19.1. The third-order valence-electron chi connectivity index (χ3n) is 2.67. The third kappa shape index (κ3) is 2.54. The Morgan fingerprint density at radius 3 is 2.28 bits per heavy atom. The Kier molecular flexibility index (Phi) is 3.39. The van der Waals surface area contributed by atoms with Crippen molar-refractivity contribution in [3.05, 3.63) is 64.5 Å². The second kappa shape index (κ2) is 4.82. The smallest absolute Gasteiger partial charge is 0.129 e. The van der Waals surface area contributed by atoms with Crippen molar-refractivity contribution in [1.29, 1.82) is 0 Å². The fourth-order valence-electron chi connectivity index (χ4n) is 1.93. The largest absolute Gasteiger partial charge is 0.384 e. The third-order valence-corrected chi connectivity index (χ3v) is 2.67. The van der Waals surface area contributed by atoms with Gasteiger partial charge in [-0.1, -0.05) is 0 Å². The van der Waals surface area contributed by atoms with Gasteiger partial charge in [-0.2, -0.15) is 0 Å². The molecule has 94 valence electrons. The number of hydrogen-bond donors (Lipinski definition) is 1. The topological polar surface area (TPSA) is 33.1 Å². The van der Waals surface area contributed by atoms with Crippen molar-refractivity contribution in [2.45, 2.75) is 20.0 Å². The molecule has 0 spiro atoms. The molecule has 1 aromatic carbocycles. The Labute approximate surface area is 104 Å². The first-order valence-corrected chi connectivity index (χ1v) is 5.55. The van der Waals surface area contributed by atoms with Crippen LogP contribution in [-0.2, 0) is 0 Å². The van der Waals surface area contributed by atoms with Crippen molar-refractivity contribution in [1.82, 2.24) is 4.98 Å². The zero-order valence-electron chi connectivity index (χ0n) is 10.1. The molecular formula is C14H13F2NO. The van der Waals surface area contributed by atoms with Gasteiger partial charge in [0.25, 0.3) is 0 Å². The molecular weight excluding hydrogens is 236 g/mol. The van der Waals surface area contributed by atoms with E-state index < -0.39 is 17.7 Å². The monoisotopic (exact) mass is 249 g/mol. The number of rotatable bonds is 2. The lowest BCUT2D eigenvalue weighted by Crippen LogP contribution is -2.05. The van der Waals surface area contributed by atoms with Gasteiger partial charge >= 0.3 is 0 Å². The Morgan fingerprint density at radius 1 is 1.06 bits per heavy atom. The number of nitrogens with zero attached hydrogens (tertiary/aromatic N) is 1. The Balaban J connectivity index is 2.47. The second-order valence-electron chi connectivity index (χ2n) is 4.25. The normalized spacial score (nSPS) is 12.5. The molecule has 0 amide bonds.